The summed E-state index contributed by atoms with van der Waals surface area (Å²) in [5.41, 5.74) is 2.32. The molecule has 1 aromatic heterocycles. The lowest BCUT2D eigenvalue weighted by atomic mass is 10.1. The van der Waals surface area contributed by atoms with E-state index in [1.165, 1.54) is 0 Å². The van der Waals surface area contributed by atoms with Crippen molar-refractivity contribution in [1.82, 2.24) is 4.98 Å². The van der Waals surface area contributed by atoms with Gasteiger partial charge in [-0.3, -0.25) is 0 Å². The third-order valence-corrected chi connectivity index (χ3v) is 3.94. The van der Waals surface area contributed by atoms with Crippen LogP contribution in [0.15, 0.2) is 5.51 Å². The summed E-state index contributed by atoms with van der Waals surface area (Å²) < 4.78 is 0. The minimum Gasteiger partial charge on any atom is -0.384 e. The van der Waals surface area contributed by atoms with Crippen LogP contribution in [-0.4, -0.2) is 10.1 Å². The first-order chi connectivity index (χ1) is 6.18. The van der Waals surface area contributed by atoms with Crippen molar-refractivity contribution in [3.05, 3.63) is 16.1 Å². The Balaban J connectivity index is 2.15. The Bertz CT molecular complexity index is 310. The highest BCUT2D eigenvalue weighted by atomic mass is 32.1. The van der Waals surface area contributed by atoms with Gasteiger partial charge in [0, 0.05) is 0 Å². The molecular formula is C10H15NOS. The first kappa shape index (κ1) is 9.16. The van der Waals surface area contributed by atoms with Crippen molar-refractivity contribution in [2.75, 3.05) is 0 Å². The van der Waals surface area contributed by atoms with Crippen molar-refractivity contribution >= 4 is 11.3 Å². The number of aryl methyl sites for hydroxylation is 1. The van der Waals surface area contributed by atoms with E-state index in [0.717, 1.165) is 29.8 Å². The largest absolute Gasteiger partial charge is 0.384 e. The Hall–Kier alpha value is -0.410. The van der Waals surface area contributed by atoms with Crippen LogP contribution in [0.3, 0.4) is 0 Å². The summed E-state index contributed by atoms with van der Waals surface area (Å²) in [4.78, 5) is 5.27. The minimum absolute atomic E-state index is 0.483. The second-order valence-electron chi connectivity index (χ2n) is 3.88. The molecule has 0 radical (unpaired) electrons. The van der Waals surface area contributed by atoms with Gasteiger partial charge in [-0.2, -0.15) is 0 Å². The van der Waals surface area contributed by atoms with E-state index in [9.17, 15) is 5.11 Å². The summed E-state index contributed by atoms with van der Waals surface area (Å²) in [7, 11) is 0. The first-order valence-electron chi connectivity index (χ1n) is 4.81. The maximum Gasteiger partial charge on any atom is 0.104 e. The average molecular weight is 197 g/mol. The number of thiazole rings is 1. The Morgan fingerprint density at radius 3 is 3.08 bits per heavy atom. The Kier molecular flexibility index (Phi) is 2.16. The van der Waals surface area contributed by atoms with E-state index in [1.54, 1.807) is 11.3 Å². The van der Waals surface area contributed by atoms with E-state index in [2.05, 4.69) is 11.9 Å². The first-order valence-corrected chi connectivity index (χ1v) is 5.69. The van der Waals surface area contributed by atoms with Crippen LogP contribution in [0.25, 0.3) is 0 Å². The molecule has 0 aromatic carbocycles. The van der Waals surface area contributed by atoms with Crippen molar-refractivity contribution in [3.63, 3.8) is 0 Å². The maximum absolute atomic E-state index is 10.2. The molecule has 1 N–H and O–H groups in total. The van der Waals surface area contributed by atoms with E-state index in [1.807, 2.05) is 12.4 Å². The Morgan fingerprint density at radius 2 is 2.54 bits per heavy atom. The number of rotatable bonds is 3. The molecule has 0 aliphatic heterocycles. The van der Waals surface area contributed by atoms with Crippen molar-refractivity contribution in [2.24, 2.45) is 5.92 Å². The zero-order valence-corrected chi connectivity index (χ0v) is 8.90. The lowest BCUT2D eigenvalue weighted by Crippen LogP contribution is -2.08. The number of aliphatic hydroxyl groups is 1. The lowest BCUT2D eigenvalue weighted by Gasteiger charge is -2.07. The lowest BCUT2D eigenvalue weighted by molar-refractivity contribution is 0.132. The molecule has 0 spiro atoms. The molecular weight excluding hydrogens is 182 g/mol. The van der Waals surface area contributed by atoms with Gasteiger partial charge in [0.15, 0.2) is 0 Å². The zero-order chi connectivity index (χ0) is 9.47. The van der Waals surface area contributed by atoms with Gasteiger partial charge in [0.25, 0.3) is 0 Å². The summed E-state index contributed by atoms with van der Waals surface area (Å²) in [5.74, 6) is 0.483. The third-order valence-electron chi connectivity index (χ3n) is 2.85. The van der Waals surface area contributed by atoms with Crippen LogP contribution in [0, 0.1) is 12.8 Å². The molecule has 3 heteroatoms. The van der Waals surface area contributed by atoms with E-state index in [-0.39, 0.29) is 0 Å². The molecule has 1 aliphatic rings. The number of hydrogen-bond donors (Lipinski definition) is 1. The van der Waals surface area contributed by atoms with Crippen molar-refractivity contribution in [2.45, 2.75) is 38.7 Å². The molecule has 2 unspecified atom stereocenters. The summed E-state index contributed by atoms with van der Waals surface area (Å²) in [6, 6.07) is 0. The Labute approximate surface area is 82.6 Å². The molecule has 1 aromatic rings. The fourth-order valence-electron chi connectivity index (χ4n) is 2.00. The van der Waals surface area contributed by atoms with Crippen molar-refractivity contribution < 1.29 is 5.11 Å². The second kappa shape index (κ2) is 3.07. The van der Waals surface area contributed by atoms with Gasteiger partial charge in [0.1, 0.15) is 5.60 Å². The van der Waals surface area contributed by atoms with E-state index in [0.29, 0.717) is 5.92 Å². The molecule has 72 valence electrons. The topological polar surface area (TPSA) is 33.1 Å². The number of nitrogens with zero attached hydrogens (tertiary/aromatic N) is 1. The van der Waals surface area contributed by atoms with Gasteiger partial charge in [0.2, 0.25) is 0 Å². The fourth-order valence-corrected chi connectivity index (χ4v) is 3.00. The van der Waals surface area contributed by atoms with Crippen LogP contribution in [0.1, 0.15) is 36.8 Å². The molecule has 2 atom stereocenters. The summed E-state index contributed by atoms with van der Waals surface area (Å²) in [6.45, 7) is 4.14. The van der Waals surface area contributed by atoms with Crippen molar-refractivity contribution in [3.8, 4) is 0 Å². The van der Waals surface area contributed by atoms with Crippen LogP contribution in [-0.2, 0) is 5.60 Å². The van der Waals surface area contributed by atoms with Crippen LogP contribution < -0.4 is 0 Å². The van der Waals surface area contributed by atoms with Gasteiger partial charge >= 0.3 is 0 Å². The maximum atomic E-state index is 10.2. The van der Waals surface area contributed by atoms with Crippen LogP contribution in [0.2, 0.25) is 0 Å². The summed E-state index contributed by atoms with van der Waals surface area (Å²) in [5, 5.41) is 10.2. The molecule has 1 aliphatic carbocycles. The molecule has 0 amide bonds. The highest BCUT2D eigenvalue weighted by molar-refractivity contribution is 7.09. The third kappa shape index (κ3) is 1.40. The average Bonchev–Trinajstić information content (AvgIpc) is 2.56. The Morgan fingerprint density at radius 1 is 1.77 bits per heavy atom. The van der Waals surface area contributed by atoms with Crippen LogP contribution in [0.5, 0.6) is 0 Å². The highest BCUT2D eigenvalue weighted by Crippen LogP contribution is 2.56. The van der Waals surface area contributed by atoms with E-state index < -0.39 is 5.60 Å². The smallest absolute Gasteiger partial charge is 0.104 e. The van der Waals surface area contributed by atoms with Gasteiger partial charge in [-0.15, -0.1) is 11.3 Å². The summed E-state index contributed by atoms with van der Waals surface area (Å²) in [6.07, 6.45) is 3.22. The van der Waals surface area contributed by atoms with Gasteiger partial charge in [-0.05, 0) is 25.7 Å². The van der Waals surface area contributed by atoms with Gasteiger partial charge in [-0.1, -0.05) is 13.3 Å². The second-order valence-corrected chi connectivity index (χ2v) is 4.74. The molecule has 2 nitrogen and oxygen atoms in total. The minimum atomic E-state index is -0.513. The molecule has 1 fully saturated rings. The molecule has 0 bridgehead atoms. The van der Waals surface area contributed by atoms with E-state index in [4.69, 9.17) is 0 Å². The van der Waals surface area contributed by atoms with Crippen LogP contribution in [0.4, 0.5) is 0 Å². The number of hydrogen-bond acceptors (Lipinski definition) is 3. The molecule has 0 saturated heterocycles. The predicted molar refractivity (Wildman–Crippen MR) is 53.8 cm³/mol. The quantitative estimate of drug-likeness (QED) is 0.807. The van der Waals surface area contributed by atoms with Crippen molar-refractivity contribution in [1.29, 1.82) is 0 Å². The standard InChI is InChI=1S/C10H15NOS/c1-3-4-8-5-10(8,12)9-7(2)11-6-13-9/h6,8,12H,3-5H2,1-2H3. The molecule has 1 saturated carbocycles. The normalized spacial score (nSPS) is 32.1. The monoisotopic (exact) mass is 197 g/mol. The van der Waals surface area contributed by atoms with Crippen LogP contribution >= 0.6 is 11.3 Å². The van der Waals surface area contributed by atoms with E-state index >= 15 is 0 Å². The zero-order valence-electron chi connectivity index (χ0n) is 8.08. The molecule has 1 heterocycles. The predicted octanol–water partition coefficient (Wildman–Crippen LogP) is 2.46. The molecule has 13 heavy (non-hydrogen) atoms. The van der Waals surface area contributed by atoms with Gasteiger partial charge < -0.3 is 5.11 Å². The van der Waals surface area contributed by atoms with Gasteiger partial charge in [-0.25, -0.2) is 4.98 Å². The summed E-state index contributed by atoms with van der Waals surface area (Å²) >= 11 is 1.59. The SMILES string of the molecule is CCCC1CC1(O)c1scnc1C. The fraction of sp³-hybridized carbons (Fsp3) is 0.700. The number of aromatic nitrogens is 1. The molecule has 2 rings (SSSR count). The van der Waals surface area contributed by atoms with Gasteiger partial charge in [0.05, 0.1) is 16.1 Å². The highest BCUT2D eigenvalue weighted by Gasteiger charge is 2.54.